The van der Waals surface area contributed by atoms with Crippen LogP contribution in [-0.2, 0) is 19.1 Å². The molecule has 3 unspecified atom stereocenters. The van der Waals surface area contributed by atoms with Crippen LogP contribution in [0, 0.1) is 22.7 Å². The van der Waals surface area contributed by atoms with Gasteiger partial charge in [0.15, 0.2) is 5.78 Å². The zero-order chi connectivity index (χ0) is 27.3. The molecule has 0 radical (unpaired) electrons. The Morgan fingerprint density at radius 3 is 2.00 bits per heavy atom. The van der Waals surface area contributed by atoms with E-state index >= 15 is 0 Å². The number of Topliss-reactive ketones (excluding diaryl/α,β-unsaturated/α-hetero) is 1. The first-order chi connectivity index (χ1) is 17.6. The number of fused-ring (bicyclic) bond motifs is 1. The first-order valence-corrected chi connectivity index (χ1v) is 15.5. The highest BCUT2D eigenvalue weighted by Gasteiger charge is 2.55. The molecule has 1 fully saturated rings. The molecule has 0 aromatic rings. The Bertz CT molecular complexity index is 764. The van der Waals surface area contributed by atoms with Gasteiger partial charge in [-0.05, 0) is 55.9 Å². The molecule has 2 aliphatic rings. The molecular formula is C33H56O4. The van der Waals surface area contributed by atoms with Crippen LogP contribution < -0.4 is 0 Å². The number of unbranched alkanes of at least 4 members (excludes halogenated alkanes) is 10. The fourth-order valence-electron chi connectivity index (χ4n) is 7.22. The van der Waals surface area contributed by atoms with Gasteiger partial charge in [0.05, 0.1) is 6.61 Å². The lowest BCUT2D eigenvalue weighted by Gasteiger charge is -2.55. The quantitative estimate of drug-likeness (QED) is 0.135. The Hall–Kier alpha value is -1.45. The van der Waals surface area contributed by atoms with Crippen LogP contribution in [0.3, 0.4) is 0 Å². The van der Waals surface area contributed by atoms with Crippen molar-refractivity contribution in [3.05, 3.63) is 11.6 Å². The predicted octanol–water partition coefficient (Wildman–Crippen LogP) is 8.95. The summed E-state index contributed by atoms with van der Waals surface area (Å²) in [5, 5.41) is 0. The largest absolute Gasteiger partial charge is 0.465 e. The van der Waals surface area contributed by atoms with Crippen molar-refractivity contribution in [3.63, 3.8) is 0 Å². The zero-order valence-electron chi connectivity index (χ0n) is 24.8. The minimum atomic E-state index is -0.179. The molecule has 1 saturated carbocycles. The van der Waals surface area contributed by atoms with E-state index in [1.165, 1.54) is 51.4 Å². The molecule has 0 amide bonds. The summed E-state index contributed by atoms with van der Waals surface area (Å²) in [6.07, 6.45) is 20.9. The second-order valence-electron chi connectivity index (χ2n) is 13.0. The molecule has 2 aliphatic carbocycles. The lowest BCUT2D eigenvalue weighted by Crippen LogP contribution is -2.53. The minimum Gasteiger partial charge on any atom is -0.465 e. The number of rotatable bonds is 18. The highest BCUT2D eigenvalue weighted by molar-refractivity contribution is 5.95. The van der Waals surface area contributed by atoms with Gasteiger partial charge in [0.1, 0.15) is 5.78 Å². The summed E-state index contributed by atoms with van der Waals surface area (Å²) in [6.45, 7) is 11.3. The molecule has 0 aromatic heterocycles. The molecule has 2 rings (SSSR count). The monoisotopic (exact) mass is 516 g/mol. The van der Waals surface area contributed by atoms with E-state index in [0.29, 0.717) is 38.1 Å². The maximum Gasteiger partial charge on any atom is 0.305 e. The van der Waals surface area contributed by atoms with Crippen molar-refractivity contribution in [1.29, 1.82) is 0 Å². The molecule has 0 bridgehead atoms. The van der Waals surface area contributed by atoms with Gasteiger partial charge in [0.25, 0.3) is 0 Å². The lowest BCUT2D eigenvalue weighted by atomic mass is 9.48. The molecule has 0 spiro atoms. The van der Waals surface area contributed by atoms with Gasteiger partial charge in [-0.15, -0.1) is 0 Å². The normalized spacial score (nSPS) is 24.9. The van der Waals surface area contributed by atoms with Crippen molar-refractivity contribution < 1.29 is 19.1 Å². The van der Waals surface area contributed by atoms with Gasteiger partial charge < -0.3 is 4.74 Å². The van der Waals surface area contributed by atoms with Gasteiger partial charge in [-0.1, -0.05) is 97.5 Å². The molecule has 0 saturated heterocycles. The van der Waals surface area contributed by atoms with Crippen molar-refractivity contribution in [2.45, 2.75) is 150 Å². The number of hydrogen-bond donors (Lipinski definition) is 0. The summed E-state index contributed by atoms with van der Waals surface area (Å²) in [7, 11) is 0. The lowest BCUT2D eigenvalue weighted by molar-refractivity contribution is -0.150. The smallest absolute Gasteiger partial charge is 0.305 e. The topological polar surface area (TPSA) is 60.4 Å². The van der Waals surface area contributed by atoms with Crippen molar-refractivity contribution in [2.24, 2.45) is 22.7 Å². The second kappa shape index (κ2) is 15.8. The SMILES string of the molecule is CCCCCCCCCCCCC(=O)CCCCC(=O)OCC1C(C)=CC(=O)C2C(C)(C)CCCC12C. The molecule has 37 heavy (non-hydrogen) atoms. The van der Waals surface area contributed by atoms with Crippen LogP contribution in [0.5, 0.6) is 0 Å². The Balaban J connectivity index is 1.58. The summed E-state index contributed by atoms with van der Waals surface area (Å²) < 4.78 is 5.74. The van der Waals surface area contributed by atoms with Crippen LogP contribution in [0.25, 0.3) is 0 Å². The van der Waals surface area contributed by atoms with Crippen LogP contribution in [-0.4, -0.2) is 24.1 Å². The maximum absolute atomic E-state index is 12.9. The summed E-state index contributed by atoms with van der Waals surface area (Å²) in [6, 6.07) is 0. The Morgan fingerprint density at radius 2 is 1.38 bits per heavy atom. The standard InChI is InChI=1S/C33H56O4/c1-6-7-8-9-10-11-12-13-14-15-19-27(34)20-16-17-21-30(36)37-25-28-26(2)24-29(35)31-32(3,4)22-18-23-33(28,31)5/h24,28,31H,6-23,25H2,1-5H3. The summed E-state index contributed by atoms with van der Waals surface area (Å²) in [5.41, 5.74) is 0.870. The number of hydrogen-bond acceptors (Lipinski definition) is 4. The van der Waals surface area contributed by atoms with Crippen molar-refractivity contribution >= 4 is 17.5 Å². The highest BCUT2D eigenvalue weighted by atomic mass is 16.5. The van der Waals surface area contributed by atoms with Crippen molar-refractivity contribution in [2.75, 3.05) is 6.61 Å². The number of carbonyl (C=O) groups is 3. The minimum absolute atomic E-state index is 0.0114. The maximum atomic E-state index is 12.9. The number of ketones is 2. The fourth-order valence-corrected chi connectivity index (χ4v) is 7.22. The van der Waals surface area contributed by atoms with E-state index in [0.717, 1.165) is 44.1 Å². The van der Waals surface area contributed by atoms with E-state index in [2.05, 4.69) is 27.7 Å². The molecule has 3 atom stereocenters. The van der Waals surface area contributed by atoms with E-state index in [4.69, 9.17) is 4.74 Å². The molecule has 0 heterocycles. The Morgan fingerprint density at radius 1 is 0.838 bits per heavy atom. The van der Waals surface area contributed by atoms with Gasteiger partial charge in [0.2, 0.25) is 0 Å². The molecule has 0 aromatic carbocycles. The van der Waals surface area contributed by atoms with Gasteiger partial charge in [-0.3, -0.25) is 14.4 Å². The van der Waals surface area contributed by atoms with Crippen LogP contribution >= 0.6 is 0 Å². The molecular weight excluding hydrogens is 460 g/mol. The summed E-state index contributed by atoms with van der Waals surface area (Å²) >= 11 is 0. The summed E-state index contributed by atoms with van der Waals surface area (Å²) in [5.74, 6) is 0.486. The zero-order valence-corrected chi connectivity index (χ0v) is 24.8. The first-order valence-electron chi connectivity index (χ1n) is 15.5. The number of ether oxygens (including phenoxy) is 1. The van der Waals surface area contributed by atoms with Crippen LogP contribution in [0.2, 0.25) is 0 Å². The van der Waals surface area contributed by atoms with Gasteiger partial charge >= 0.3 is 5.97 Å². The van der Waals surface area contributed by atoms with E-state index in [1.54, 1.807) is 6.08 Å². The average molecular weight is 517 g/mol. The van der Waals surface area contributed by atoms with E-state index in [-0.39, 0.29) is 34.4 Å². The predicted molar refractivity (Wildman–Crippen MR) is 152 cm³/mol. The van der Waals surface area contributed by atoms with Gasteiger partial charge in [0, 0.05) is 31.1 Å². The summed E-state index contributed by atoms with van der Waals surface area (Å²) in [4.78, 5) is 37.6. The molecule has 4 nitrogen and oxygen atoms in total. The van der Waals surface area contributed by atoms with Crippen LogP contribution in [0.15, 0.2) is 11.6 Å². The molecule has 0 aliphatic heterocycles. The van der Waals surface area contributed by atoms with Gasteiger partial charge in [-0.2, -0.15) is 0 Å². The Kier molecular flexibility index (Phi) is 13.6. The number of esters is 1. The average Bonchev–Trinajstić information content (AvgIpc) is 2.81. The third-order valence-electron chi connectivity index (χ3n) is 9.28. The Labute approximate surface area is 227 Å². The number of allylic oxidation sites excluding steroid dienone is 1. The molecule has 212 valence electrons. The highest BCUT2D eigenvalue weighted by Crippen LogP contribution is 2.58. The van der Waals surface area contributed by atoms with E-state index < -0.39 is 0 Å². The number of carbonyl (C=O) groups excluding carboxylic acids is 3. The van der Waals surface area contributed by atoms with E-state index in [1.807, 2.05) is 6.92 Å². The van der Waals surface area contributed by atoms with Crippen molar-refractivity contribution in [1.82, 2.24) is 0 Å². The van der Waals surface area contributed by atoms with Gasteiger partial charge in [-0.25, -0.2) is 0 Å². The third-order valence-corrected chi connectivity index (χ3v) is 9.28. The third kappa shape index (κ3) is 9.98. The van der Waals surface area contributed by atoms with Crippen molar-refractivity contribution in [3.8, 4) is 0 Å². The molecule has 4 heteroatoms. The first kappa shape index (κ1) is 31.8. The van der Waals surface area contributed by atoms with Crippen LogP contribution in [0.1, 0.15) is 150 Å². The second-order valence-corrected chi connectivity index (χ2v) is 13.0. The van der Waals surface area contributed by atoms with Crippen LogP contribution in [0.4, 0.5) is 0 Å². The molecule has 0 N–H and O–H groups in total. The fraction of sp³-hybridized carbons (Fsp3) is 0.848. The van der Waals surface area contributed by atoms with E-state index in [9.17, 15) is 14.4 Å².